The number of carbonyl (C=O) groups excluding carboxylic acids is 2. The Morgan fingerprint density at radius 2 is 1.95 bits per heavy atom. The zero-order valence-corrected chi connectivity index (χ0v) is 11.4. The van der Waals surface area contributed by atoms with Crippen molar-refractivity contribution in [2.75, 3.05) is 13.1 Å². The second-order valence-corrected chi connectivity index (χ2v) is 6.08. The lowest BCUT2D eigenvalue weighted by Crippen LogP contribution is -2.51. The molecule has 0 radical (unpaired) electrons. The zero-order valence-electron chi connectivity index (χ0n) is 11.4. The first-order chi connectivity index (χ1) is 9.39. The standard InChI is InChI=1S/C13H19F2N3O2/c1-7(11(19)17-12(20)16-8-2-3-8)18-5-4-9-10(6-18)13(9,14)15/h7-10H,2-6H2,1H3,(H2,16,17,19,20)/t7-,9+,10+/m1/s1. The molecule has 0 aromatic heterocycles. The van der Waals surface area contributed by atoms with Crippen molar-refractivity contribution >= 4 is 11.9 Å². The number of hydrogen-bond donors (Lipinski definition) is 2. The van der Waals surface area contributed by atoms with Crippen LogP contribution in [0.25, 0.3) is 0 Å². The van der Waals surface area contributed by atoms with E-state index in [0.717, 1.165) is 12.8 Å². The van der Waals surface area contributed by atoms with E-state index in [0.29, 0.717) is 13.0 Å². The fourth-order valence-corrected chi connectivity index (χ4v) is 2.94. The molecule has 5 nitrogen and oxygen atoms in total. The molecule has 2 aliphatic carbocycles. The maximum atomic E-state index is 13.3. The van der Waals surface area contributed by atoms with E-state index in [2.05, 4.69) is 10.6 Å². The van der Waals surface area contributed by atoms with Gasteiger partial charge in [0.2, 0.25) is 5.91 Å². The van der Waals surface area contributed by atoms with Gasteiger partial charge >= 0.3 is 6.03 Å². The maximum Gasteiger partial charge on any atom is 0.321 e. The molecule has 0 bridgehead atoms. The average molecular weight is 287 g/mol. The Kier molecular flexibility index (Phi) is 3.19. The van der Waals surface area contributed by atoms with Crippen LogP contribution >= 0.6 is 0 Å². The summed E-state index contributed by atoms with van der Waals surface area (Å²) in [7, 11) is 0. The number of nitrogens with one attached hydrogen (secondary N) is 2. The molecule has 1 heterocycles. The molecule has 3 aliphatic rings. The van der Waals surface area contributed by atoms with Crippen LogP contribution in [-0.4, -0.2) is 47.9 Å². The second-order valence-electron chi connectivity index (χ2n) is 6.08. The van der Waals surface area contributed by atoms with Crippen LogP contribution in [0.1, 0.15) is 26.2 Å². The highest BCUT2D eigenvalue weighted by Crippen LogP contribution is 2.59. The molecular formula is C13H19F2N3O2. The number of imide groups is 1. The summed E-state index contributed by atoms with van der Waals surface area (Å²) in [5, 5.41) is 4.94. The number of carbonyl (C=O) groups is 2. The van der Waals surface area contributed by atoms with Crippen LogP contribution in [0.4, 0.5) is 13.6 Å². The van der Waals surface area contributed by atoms with Gasteiger partial charge in [-0.3, -0.25) is 15.0 Å². The predicted molar refractivity (Wildman–Crippen MR) is 67.3 cm³/mol. The fourth-order valence-electron chi connectivity index (χ4n) is 2.94. The SMILES string of the molecule is C[C@H](C(=O)NC(=O)NC1CC1)N1CC[C@H]2[C@H](C1)C2(F)F. The summed E-state index contributed by atoms with van der Waals surface area (Å²) < 4.78 is 26.6. The molecule has 2 saturated carbocycles. The third-order valence-corrected chi connectivity index (χ3v) is 4.60. The van der Waals surface area contributed by atoms with Crippen LogP contribution in [-0.2, 0) is 4.79 Å². The van der Waals surface area contributed by atoms with Crippen molar-refractivity contribution < 1.29 is 18.4 Å². The Labute approximate surface area is 116 Å². The summed E-state index contributed by atoms with van der Waals surface area (Å²) in [5.74, 6) is -4.11. The molecule has 1 aliphatic heterocycles. The lowest BCUT2D eigenvalue weighted by Gasteiger charge is -2.30. The minimum Gasteiger partial charge on any atom is -0.335 e. The summed E-state index contributed by atoms with van der Waals surface area (Å²) >= 11 is 0. The summed E-state index contributed by atoms with van der Waals surface area (Å²) in [6, 6.07) is -0.868. The Morgan fingerprint density at radius 1 is 1.25 bits per heavy atom. The quantitative estimate of drug-likeness (QED) is 0.812. The van der Waals surface area contributed by atoms with Crippen LogP contribution in [0.15, 0.2) is 0 Å². The Morgan fingerprint density at radius 3 is 2.55 bits per heavy atom. The average Bonchev–Trinajstić information content (AvgIpc) is 3.28. The van der Waals surface area contributed by atoms with Gasteiger partial charge in [-0.2, -0.15) is 0 Å². The first-order valence-corrected chi connectivity index (χ1v) is 7.13. The summed E-state index contributed by atoms with van der Waals surface area (Å²) in [6.07, 6.45) is 2.31. The predicted octanol–water partition coefficient (Wildman–Crippen LogP) is 0.950. The van der Waals surface area contributed by atoms with E-state index in [9.17, 15) is 18.4 Å². The van der Waals surface area contributed by atoms with Gasteiger partial charge in [0.1, 0.15) is 0 Å². The van der Waals surface area contributed by atoms with Crippen LogP contribution in [0.2, 0.25) is 0 Å². The number of amides is 3. The number of halogens is 2. The maximum absolute atomic E-state index is 13.3. The van der Waals surface area contributed by atoms with E-state index in [4.69, 9.17) is 0 Å². The zero-order chi connectivity index (χ0) is 14.5. The Hall–Kier alpha value is -1.24. The molecule has 1 saturated heterocycles. The first-order valence-electron chi connectivity index (χ1n) is 7.13. The Bertz CT molecular complexity index is 439. The van der Waals surface area contributed by atoms with E-state index in [1.807, 2.05) is 0 Å². The minimum atomic E-state index is -2.56. The van der Waals surface area contributed by atoms with Crippen molar-refractivity contribution in [2.24, 2.45) is 11.8 Å². The lowest BCUT2D eigenvalue weighted by atomic mass is 10.1. The summed E-state index contributed by atoms with van der Waals surface area (Å²) in [5.41, 5.74) is 0. The van der Waals surface area contributed by atoms with Crippen LogP contribution in [0, 0.1) is 11.8 Å². The van der Waals surface area contributed by atoms with E-state index < -0.39 is 35.7 Å². The van der Waals surface area contributed by atoms with Gasteiger partial charge in [-0.25, -0.2) is 13.6 Å². The number of nitrogens with zero attached hydrogens (tertiary/aromatic N) is 1. The van der Waals surface area contributed by atoms with Crippen molar-refractivity contribution in [3.05, 3.63) is 0 Å². The highest BCUT2D eigenvalue weighted by atomic mass is 19.3. The molecule has 3 rings (SSSR count). The molecule has 0 aromatic carbocycles. The third kappa shape index (κ3) is 2.51. The van der Waals surface area contributed by atoms with Crippen molar-refractivity contribution in [3.63, 3.8) is 0 Å². The van der Waals surface area contributed by atoms with Gasteiger partial charge < -0.3 is 5.32 Å². The number of likely N-dealkylation sites (tertiary alicyclic amines) is 1. The molecule has 112 valence electrons. The highest BCUT2D eigenvalue weighted by molar-refractivity contribution is 5.97. The molecule has 7 heteroatoms. The van der Waals surface area contributed by atoms with Crippen LogP contribution in [0.3, 0.4) is 0 Å². The van der Waals surface area contributed by atoms with E-state index in [-0.39, 0.29) is 12.6 Å². The van der Waals surface area contributed by atoms with Gasteiger partial charge in [-0.05, 0) is 32.7 Å². The van der Waals surface area contributed by atoms with Gasteiger partial charge in [-0.1, -0.05) is 0 Å². The summed E-state index contributed by atoms with van der Waals surface area (Å²) in [6.45, 7) is 2.37. The monoisotopic (exact) mass is 287 g/mol. The fraction of sp³-hybridized carbons (Fsp3) is 0.846. The first kappa shape index (κ1) is 13.7. The molecule has 2 N–H and O–H groups in total. The molecule has 0 spiro atoms. The Balaban J connectivity index is 1.49. The minimum absolute atomic E-state index is 0.180. The highest BCUT2D eigenvalue weighted by Gasteiger charge is 2.69. The van der Waals surface area contributed by atoms with E-state index >= 15 is 0 Å². The number of piperidine rings is 1. The molecule has 3 atom stereocenters. The smallest absolute Gasteiger partial charge is 0.321 e. The lowest BCUT2D eigenvalue weighted by molar-refractivity contribution is -0.125. The number of alkyl halides is 2. The molecule has 20 heavy (non-hydrogen) atoms. The topological polar surface area (TPSA) is 61.4 Å². The van der Waals surface area contributed by atoms with Crippen LogP contribution in [0.5, 0.6) is 0 Å². The van der Waals surface area contributed by atoms with Crippen molar-refractivity contribution in [2.45, 2.75) is 44.2 Å². The number of fused-ring (bicyclic) bond motifs is 1. The summed E-state index contributed by atoms with van der Waals surface area (Å²) in [4.78, 5) is 25.2. The van der Waals surface area contributed by atoms with E-state index in [1.165, 1.54) is 0 Å². The number of urea groups is 1. The van der Waals surface area contributed by atoms with Crippen molar-refractivity contribution in [1.82, 2.24) is 15.5 Å². The van der Waals surface area contributed by atoms with Gasteiger partial charge in [0.25, 0.3) is 5.92 Å². The van der Waals surface area contributed by atoms with Gasteiger partial charge in [0, 0.05) is 24.4 Å². The normalized spacial score (nSPS) is 33.0. The molecule has 0 unspecified atom stereocenters. The van der Waals surface area contributed by atoms with Gasteiger partial charge in [-0.15, -0.1) is 0 Å². The molecule has 3 fully saturated rings. The van der Waals surface area contributed by atoms with Gasteiger partial charge in [0.05, 0.1) is 6.04 Å². The molecule has 3 amide bonds. The van der Waals surface area contributed by atoms with Crippen molar-refractivity contribution in [3.8, 4) is 0 Å². The largest absolute Gasteiger partial charge is 0.335 e. The second kappa shape index (κ2) is 4.65. The number of hydrogen-bond acceptors (Lipinski definition) is 3. The molecule has 0 aromatic rings. The van der Waals surface area contributed by atoms with Crippen molar-refractivity contribution in [1.29, 1.82) is 0 Å². The number of rotatable bonds is 3. The van der Waals surface area contributed by atoms with Crippen LogP contribution < -0.4 is 10.6 Å². The van der Waals surface area contributed by atoms with Gasteiger partial charge in [0.15, 0.2) is 0 Å². The third-order valence-electron chi connectivity index (χ3n) is 4.60. The van der Waals surface area contributed by atoms with E-state index in [1.54, 1.807) is 11.8 Å². The molecular weight excluding hydrogens is 268 g/mol.